The van der Waals surface area contributed by atoms with Gasteiger partial charge >= 0.3 is 0 Å². The minimum atomic E-state index is -0.121. The van der Waals surface area contributed by atoms with Crippen molar-refractivity contribution in [1.82, 2.24) is 4.98 Å². The van der Waals surface area contributed by atoms with E-state index in [9.17, 15) is 0 Å². The maximum Gasteiger partial charge on any atom is 0.113 e. The summed E-state index contributed by atoms with van der Waals surface area (Å²) in [5.74, 6) is 3.13. The molecule has 2 unspecified atom stereocenters. The molecule has 94 valence electrons. The second-order valence-corrected chi connectivity index (χ2v) is 7.74. The molecule has 0 amide bonds. The van der Waals surface area contributed by atoms with Crippen molar-refractivity contribution in [2.45, 2.75) is 50.3 Å². The largest absolute Gasteiger partial charge is 0.319 e. The zero-order valence-corrected chi connectivity index (χ0v) is 12.0. The second kappa shape index (κ2) is 4.56. The molecule has 0 saturated heterocycles. The van der Waals surface area contributed by atoms with E-state index in [0.29, 0.717) is 0 Å². The van der Waals surface area contributed by atoms with Crippen molar-refractivity contribution in [2.75, 3.05) is 5.75 Å². The Morgan fingerprint density at radius 2 is 2.35 bits per heavy atom. The van der Waals surface area contributed by atoms with E-state index in [1.807, 2.05) is 23.1 Å². The molecule has 4 heteroatoms. The first-order chi connectivity index (χ1) is 8.17. The molecular formula is C13H20N2S2. The Kier molecular flexibility index (Phi) is 3.22. The van der Waals surface area contributed by atoms with Gasteiger partial charge in [0.2, 0.25) is 0 Å². The predicted molar refractivity (Wildman–Crippen MR) is 75.5 cm³/mol. The number of thiazole rings is 1. The fraction of sp³-hybridized carbons (Fsp3) is 0.769. The molecule has 0 spiro atoms. The number of nitrogens with two attached hydrogens (primary N) is 1. The van der Waals surface area contributed by atoms with Gasteiger partial charge in [0.1, 0.15) is 5.01 Å². The molecule has 1 fully saturated rings. The van der Waals surface area contributed by atoms with Crippen molar-refractivity contribution in [3.63, 3.8) is 0 Å². The average molecular weight is 268 g/mol. The molecule has 1 saturated carbocycles. The smallest absolute Gasteiger partial charge is 0.113 e. The third kappa shape index (κ3) is 2.27. The SMILES string of the molecule is CC1CCCC(N)(c2nc3c(s2)CSCC3)C1. The Morgan fingerprint density at radius 1 is 1.47 bits per heavy atom. The van der Waals surface area contributed by atoms with Gasteiger partial charge < -0.3 is 5.73 Å². The van der Waals surface area contributed by atoms with Gasteiger partial charge in [-0.05, 0) is 30.9 Å². The average Bonchev–Trinajstić information content (AvgIpc) is 2.73. The minimum Gasteiger partial charge on any atom is -0.319 e. The third-order valence-electron chi connectivity index (χ3n) is 3.95. The molecule has 1 aromatic rings. The standard InChI is InChI=1S/C13H20N2S2/c1-9-3-2-5-13(14,7-9)12-15-10-4-6-16-8-11(10)17-12/h9H,2-8,14H2,1H3. The van der Waals surface area contributed by atoms with Crippen LogP contribution >= 0.6 is 23.1 Å². The summed E-state index contributed by atoms with van der Waals surface area (Å²) >= 11 is 3.91. The highest BCUT2D eigenvalue weighted by atomic mass is 32.2. The van der Waals surface area contributed by atoms with Crippen LogP contribution in [0.4, 0.5) is 0 Å². The van der Waals surface area contributed by atoms with E-state index < -0.39 is 0 Å². The lowest BCUT2D eigenvalue weighted by molar-refractivity contribution is 0.238. The molecule has 2 aliphatic rings. The summed E-state index contributed by atoms with van der Waals surface area (Å²) in [5.41, 5.74) is 7.84. The number of nitrogens with zero attached hydrogens (tertiary/aromatic N) is 1. The third-order valence-corrected chi connectivity index (χ3v) is 6.44. The van der Waals surface area contributed by atoms with Gasteiger partial charge in [-0.15, -0.1) is 11.3 Å². The van der Waals surface area contributed by atoms with Crippen molar-refractivity contribution in [3.8, 4) is 0 Å². The summed E-state index contributed by atoms with van der Waals surface area (Å²) in [7, 11) is 0. The van der Waals surface area contributed by atoms with Crippen LogP contribution in [-0.2, 0) is 17.7 Å². The number of hydrogen-bond donors (Lipinski definition) is 1. The highest BCUT2D eigenvalue weighted by molar-refractivity contribution is 7.98. The minimum absolute atomic E-state index is 0.121. The quantitative estimate of drug-likeness (QED) is 0.849. The normalized spacial score (nSPS) is 33.4. The summed E-state index contributed by atoms with van der Waals surface area (Å²) in [6, 6.07) is 0. The van der Waals surface area contributed by atoms with E-state index in [2.05, 4.69) is 6.92 Å². The van der Waals surface area contributed by atoms with Crippen LogP contribution in [0.15, 0.2) is 0 Å². The Bertz CT molecular complexity index is 392. The van der Waals surface area contributed by atoms with Crippen molar-refractivity contribution in [1.29, 1.82) is 0 Å². The Balaban J connectivity index is 1.89. The van der Waals surface area contributed by atoms with Crippen molar-refractivity contribution in [3.05, 3.63) is 15.6 Å². The van der Waals surface area contributed by atoms with E-state index in [1.54, 1.807) is 0 Å². The molecule has 2 atom stereocenters. The molecule has 2 heterocycles. The van der Waals surface area contributed by atoms with Crippen LogP contribution in [0, 0.1) is 5.92 Å². The van der Waals surface area contributed by atoms with Crippen LogP contribution in [0.5, 0.6) is 0 Å². The number of aromatic nitrogens is 1. The molecule has 0 radical (unpaired) electrons. The second-order valence-electron chi connectivity index (χ2n) is 5.55. The molecule has 0 bridgehead atoms. The molecular weight excluding hydrogens is 248 g/mol. The van der Waals surface area contributed by atoms with Crippen molar-refractivity contribution < 1.29 is 0 Å². The van der Waals surface area contributed by atoms with Gasteiger partial charge in [0.05, 0.1) is 11.2 Å². The Morgan fingerprint density at radius 3 is 3.12 bits per heavy atom. The van der Waals surface area contributed by atoms with E-state index in [-0.39, 0.29) is 5.54 Å². The van der Waals surface area contributed by atoms with Crippen LogP contribution in [0.2, 0.25) is 0 Å². The molecule has 1 aromatic heterocycles. The molecule has 1 aliphatic carbocycles. The van der Waals surface area contributed by atoms with E-state index in [1.165, 1.54) is 34.2 Å². The lowest BCUT2D eigenvalue weighted by Crippen LogP contribution is -2.40. The molecule has 17 heavy (non-hydrogen) atoms. The molecule has 3 rings (SSSR count). The first kappa shape index (κ1) is 12.0. The molecule has 2 nitrogen and oxygen atoms in total. The van der Waals surface area contributed by atoms with Gasteiger partial charge in [-0.3, -0.25) is 0 Å². The topological polar surface area (TPSA) is 38.9 Å². The lowest BCUT2D eigenvalue weighted by Gasteiger charge is -2.35. The number of fused-ring (bicyclic) bond motifs is 1. The summed E-state index contributed by atoms with van der Waals surface area (Å²) in [6.07, 6.45) is 5.97. The zero-order chi connectivity index (χ0) is 11.9. The summed E-state index contributed by atoms with van der Waals surface area (Å²) in [5, 5.41) is 1.22. The van der Waals surface area contributed by atoms with Crippen LogP contribution in [-0.4, -0.2) is 10.7 Å². The van der Waals surface area contributed by atoms with Crippen LogP contribution in [0.1, 0.15) is 48.2 Å². The van der Waals surface area contributed by atoms with E-state index in [0.717, 1.165) is 30.9 Å². The number of rotatable bonds is 1. The molecule has 0 aromatic carbocycles. The van der Waals surface area contributed by atoms with Crippen molar-refractivity contribution >= 4 is 23.1 Å². The van der Waals surface area contributed by atoms with Gasteiger partial charge in [-0.25, -0.2) is 4.98 Å². The predicted octanol–water partition coefficient (Wildman–Crippen LogP) is 3.30. The maximum atomic E-state index is 6.62. The van der Waals surface area contributed by atoms with Gasteiger partial charge in [0.25, 0.3) is 0 Å². The van der Waals surface area contributed by atoms with Crippen molar-refractivity contribution in [2.24, 2.45) is 11.7 Å². The highest BCUT2D eigenvalue weighted by Gasteiger charge is 2.36. The number of thioether (sulfide) groups is 1. The number of aryl methyl sites for hydroxylation is 1. The monoisotopic (exact) mass is 268 g/mol. The molecule has 1 aliphatic heterocycles. The zero-order valence-electron chi connectivity index (χ0n) is 10.4. The van der Waals surface area contributed by atoms with E-state index >= 15 is 0 Å². The first-order valence-electron chi connectivity index (χ1n) is 6.53. The summed E-state index contributed by atoms with van der Waals surface area (Å²) in [6.45, 7) is 2.32. The lowest BCUT2D eigenvalue weighted by atomic mass is 9.77. The summed E-state index contributed by atoms with van der Waals surface area (Å²) in [4.78, 5) is 6.35. The van der Waals surface area contributed by atoms with Gasteiger partial charge in [0.15, 0.2) is 0 Å². The highest BCUT2D eigenvalue weighted by Crippen LogP contribution is 2.41. The maximum absolute atomic E-state index is 6.62. The number of hydrogen-bond acceptors (Lipinski definition) is 4. The van der Waals surface area contributed by atoms with Gasteiger partial charge in [-0.2, -0.15) is 11.8 Å². The van der Waals surface area contributed by atoms with Crippen LogP contribution < -0.4 is 5.73 Å². The fourth-order valence-electron chi connectivity index (χ4n) is 3.02. The first-order valence-corrected chi connectivity index (χ1v) is 8.50. The molecule has 2 N–H and O–H groups in total. The Labute approximate surface area is 111 Å². The van der Waals surface area contributed by atoms with Crippen LogP contribution in [0.25, 0.3) is 0 Å². The fourth-order valence-corrected chi connectivity index (χ4v) is 5.39. The Hall–Kier alpha value is -0.0600. The van der Waals surface area contributed by atoms with Gasteiger partial charge in [-0.1, -0.05) is 19.8 Å². The van der Waals surface area contributed by atoms with Crippen LogP contribution in [0.3, 0.4) is 0 Å². The summed E-state index contributed by atoms with van der Waals surface area (Å²) < 4.78 is 0. The van der Waals surface area contributed by atoms with Gasteiger partial charge in [0, 0.05) is 10.6 Å². The van der Waals surface area contributed by atoms with E-state index in [4.69, 9.17) is 10.7 Å².